The Kier molecular flexibility index (Phi) is 3.16. The number of rotatable bonds is 3. The van der Waals surface area contributed by atoms with E-state index in [0.717, 1.165) is 22.9 Å². The van der Waals surface area contributed by atoms with Crippen LogP contribution in [-0.4, -0.2) is 26.6 Å². The summed E-state index contributed by atoms with van der Waals surface area (Å²) in [7, 11) is 0. The molecule has 0 spiro atoms. The molecule has 2 aromatic heterocycles. The van der Waals surface area contributed by atoms with Gasteiger partial charge in [0.25, 0.3) is 5.91 Å². The monoisotopic (exact) mass is 269 g/mol. The zero-order chi connectivity index (χ0) is 12.4. The van der Waals surface area contributed by atoms with Crippen LogP contribution in [0.5, 0.6) is 0 Å². The van der Waals surface area contributed by atoms with E-state index in [0.29, 0.717) is 15.6 Å². The van der Waals surface area contributed by atoms with Crippen molar-refractivity contribution in [3.05, 3.63) is 27.6 Å². The highest BCUT2D eigenvalue weighted by Crippen LogP contribution is 2.22. The molecule has 0 saturated heterocycles. The molecule has 88 valence electrons. The smallest absolute Gasteiger partial charge is 0.336 e. The largest absolute Gasteiger partial charge is 0.478 e. The second-order valence-electron chi connectivity index (χ2n) is 3.15. The lowest BCUT2D eigenvalue weighted by molar-refractivity contribution is 0.0697. The number of amides is 1. The number of nitrogens with zero attached hydrogens (tertiary/aromatic N) is 2. The molecule has 0 aliphatic carbocycles. The molecule has 8 heteroatoms. The van der Waals surface area contributed by atoms with E-state index in [9.17, 15) is 9.59 Å². The van der Waals surface area contributed by atoms with Crippen LogP contribution in [0.25, 0.3) is 0 Å². The summed E-state index contributed by atoms with van der Waals surface area (Å²) in [5.74, 6) is -1.34. The molecule has 0 saturated carbocycles. The predicted octanol–water partition coefficient (Wildman–Crippen LogP) is 1.86. The molecule has 0 aromatic carbocycles. The Morgan fingerprint density at radius 2 is 2.24 bits per heavy atom. The number of carbonyl (C=O) groups is 2. The van der Waals surface area contributed by atoms with Gasteiger partial charge in [0.1, 0.15) is 4.88 Å². The van der Waals surface area contributed by atoms with Crippen LogP contribution in [0, 0.1) is 6.92 Å². The highest BCUT2D eigenvalue weighted by Gasteiger charge is 2.15. The van der Waals surface area contributed by atoms with Crippen molar-refractivity contribution in [1.29, 1.82) is 0 Å². The fourth-order valence-electron chi connectivity index (χ4n) is 1.12. The standard InChI is InChI=1S/C9H7N3O3S2/c1-4-7(17-12-11-4)8(13)10-6-2-5(3-16-6)9(14)15/h2-3H,1H3,(H,10,13)(H,14,15). The fourth-order valence-corrected chi connectivity index (χ4v) is 2.44. The van der Waals surface area contributed by atoms with E-state index < -0.39 is 5.97 Å². The highest BCUT2D eigenvalue weighted by molar-refractivity contribution is 7.14. The molecule has 2 N–H and O–H groups in total. The first kappa shape index (κ1) is 11.7. The van der Waals surface area contributed by atoms with Gasteiger partial charge in [0.05, 0.1) is 16.3 Å². The van der Waals surface area contributed by atoms with Crippen LogP contribution in [0.1, 0.15) is 25.7 Å². The van der Waals surface area contributed by atoms with Gasteiger partial charge in [-0.15, -0.1) is 16.4 Å². The van der Waals surface area contributed by atoms with Crippen LogP contribution in [0.2, 0.25) is 0 Å². The van der Waals surface area contributed by atoms with E-state index in [2.05, 4.69) is 14.9 Å². The third-order valence-corrected chi connectivity index (χ3v) is 3.61. The molecular weight excluding hydrogens is 262 g/mol. The average molecular weight is 269 g/mol. The van der Waals surface area contributed by atoms with E-state index >= 15 is 0 Å². The number of hydrogen-bond donors (Lipinski definition) is 2. The van der Waals surface area contributed by atoms with Gasteiger partial charge >= 0.3 is 5.97 Å². The summed E-state index contributed by atoms with van der Waals surface area (Å²) in [5, 5.41) is 17.0. The summed E-state index contributed by atoms with van der Waals surface area (Å²) >= 11 is 2.17. The lowest BCUT2D eigenvalue weighted by Crippen LogP contribution is -2.10. The maximum atomic E-state index is 11.8. The van der Waals surface area contributed by atoms with Crippen molar-refractivity contribution >= 4 is 39.7 Å². The molecule has 2 rings (SSSR count). The van der Waals surface area contributed by atoms with E-state index in [-0.39, 0.29) is 11.5 Å². The lowest BCUT2D eigenvalue weighted by Gasteiger charge is -1.98. The van der Waals surface area contributed by atoms with Crippen molar-refractivity contribution < 1.29 is 14.7 Å². The van der Waals surface area contributed by atoms with Gasteiger partial charge in [-0.2, -0.15) is 0 Å². The first-order valence-corrected chi connectivity index (χ1v) is 6.15. The highest BCUT2D eigenvalue weighted by atomic mass is 32.1. The molecule has 0 bridgehead atoms. The molecule has 0 fully saturated rings. The zero-order valence-corrected chi connectivity index (χ0v) is 10.3. The average Bonchev–Trinajstić information content (AvgIpc) is 2.86. The number of aromatic carboxylic acids is 1. The van der Waals surface area contributed by atoms with Gasteiger partial charge in [0.2, 0.25) is 0 Å². The van der Waals surface area contributed by atoms with Gasteiger partial charge in [-0.25, -0.2) is 4.79 Å². The van der Waals surface area contributed by atoms with Crippen molar-refractivity contribution in [2.24, 2.45) is 0 Å². The maximum Gasteiger partial charge on any atom is 0.336 e. The van der Waals surface area contributed by atoms with Crippen molar-refractivity contribution in [2.75, 3.05) is 5.32 Å². The van der Waals surface area contributed by atoms with Gasteiger partial charge in [-0.05, 0) is 24.5 Å². The Balaban J connectivity index is 2.13. The number of anilines is 1. The summed E-state index contributed by atoms with van der Waals surface area (Å²) in [6.07, 6.45) is 0. The minimum absolute atomic E-state index is 0.157. The summed E-state index contributed by atoms with van der Waals surface area (Å²) in [5.41, 5.74) is 0.715. The third kappa shape index (κ3) is 2.48. The van der Waals surface area contributed by atoms with Gasteiger partial charge in [0.15, 0.2) is 0 Å². The van der Waals surface area contributed by atoms with Crippen LogP contribution >= 0.6 is 22.9 Å². The Morgan fingerprint density at radius 3 is 2.76 bits per heavy atom. The zero-order valence-electron chi connectivity index (χ0n) is 8.63. The van der Waals surface area contributed by atoms with Crippen LogP contribution in [0.3, 0.4) is 0 Å². The van der Waals surface area contributed by atoms with Crippen molar-refractivity contribution in [2.45, 2.75) is 6.92 Å². The first-order chi connectivity index (χ1) is 8.08. The topological polar surface area (TPSA) is 92.2 Å². The van der Waals surface area contributed by atoms with Gasteiger partial charge in [0, 0.05) is 5.38 Å². The number of aromatic nitrogens is 2. The molecule has 0 unspecified atom stereocenters. The van der Waals surface area contributed by atoms with Crippen molar-refractivity contribution in [1.82, 2.24) is 9.59 Å². The maximum absolute atomic E-state index is 11.8. The molecule has 17 heavy (non-hydrogen) atoms. The van der Waals surface area contributed by atoms with E-state index in [4.69, 9.17) is 5.11 Å². The van der Waals surface area contributed by atoms with Gasteiger partial charge in [-0.1, -0.05) is 4.49 Å². The Bertz CT molecular complexity index is 576. The number of nitrogens with one attached hydrogen (secondary N) is 1. The van der Waals surface area contributed by atoms with Gasteiger partial charge < -0.3 is 10.4 Å². The molecule has 6 nitrogen and oxygen atoms in total. The van der Waals surface area contributed by atoms with Crippen molar-refractivity contribution in [3.8, 4) is 0 Å². The SMILES string of the molecule is Cc1nnsc1C(=O)Nc1cc(C(=O)O)cs1. The normalized spacial score (nSPS) is 10.2. The summed E-state index contributed by atoms with van der Waals surface area (Å²) in [6.45, 7) is 1.69. The van der Waals surface area contributed by atoms with Crippen LogP contribution in [0.4, 0.5) is 5.00 Å². The molecule has 0 aliphatic heterocycles. The second-order valence-corrected chi connectivity index (χ2v) is 4.81. The Morgan fingerprint density at radius 1 is 1.47 bits per heavy atom. The minimum Gasteiger partial charge on any atom is -0.478 e. The molecule has 0 radical (unpaired) electrons. The molecule has 1 amide bonds. The Hall–Kier alpha value is -1.80. The van der Waals surface area contributed by atoms with E-state index in [1.165, 1.54) is 11.4 Å². The minimum atomic E-state index is -1.02. The fraction of sp³-hybridized carbons (Fsp3) is 0.111. The van der Waals surface area contributed by atoms with Crippen LogP contribution in [-0.2, 0) is 0 Å². The number of thiophene rings is 1. The number of carbonyl (C=O) groups excluding carboxylic acids is 1. The lowest BCUT2D eigenvalue weighted by atomic mass is 10.3. The number of hydrogen-bond acceptors (Lipinski definition) is 6. The first-order valence-electron chi connectivity index (χ1n) is 4.50. The van der Waals surface area contributed by atoms with Gasteiger partial charge in [-0.3, -0.25) is 4.79 Å². The van der Waals surface area contributed by atoms with E-state index in [1.807, 2.05) is 0 Å². The number of carboxylic acids is 1. The quantitative estimate of drug-likeness (QED) is 0.887. The molecule has 2 aromatic rings. The molecular formula is C9H7N3O3S2. The molecule has 0 aliphatic rings. The summed E-state index contributed by atoms with van der Waals surface area (Å²) in [4.78, 5) is 22.8. The third-order valence-electron chi connectivity index (χ3n) is 1.94. The number of aryl methyl sites for hydroxylation is 1. The second kappa shape index (κ2) is 4.60. The van der Waals surface area contributed by atoms with E-state index in [1.54, 1.807) is 6.92 Å². The summed E-state index contributed by atoms with van der Waals surface area (Å²) < 4.78 is 3.66. The molecule has 0 atom stereocenters. The predicted molar refractivity (Wildman–Crippen MR) is 63.9 cm³/mol. The van der Waals surface area contributed by atoms with Crippen molar-refractivity contribution in [3.63, 3.8) is 0 Å². The Labute approximate surface area is 104 Å². The summed E-state index contributed by atoms with van der Waals surface area (Å²) in [6, 6.07) is 1.41. The molecule has 2 heterocycles. The number of carboxylic acid groups (broad SMARTS) is 1. The van der Waals surface area contributed by atoms with Crippen LogP contribution < -0.4 is 5.32 Å². The van der Waals surface area contributed by atoms with Crippen LogP contribution in [0.15, 0.2) is 11.4 Å².